The van der Waals surface area contributed by atoms with E-state index >= 15 is 0 Å². The number of hydrogen-bond donors (Lipinski definition) is 2. The molecule has 3 rings (SSSR count). The van der Waals surface area contributed by atoms with Gasteiger partial charge in [0.25, 0.3) is 5.91 Å². The predicted molar refractivity (Wildman–Crippen MR) is 85.8 cm³/mol. The van der Waals surface area contributed by atoms with Crippen LogP contribution in [0.3, 0.4) is 0 Å². The summed E-state index contributed by atoms with van der Waals surface area (Å²) in [5, 5.41) is 19.4. The van der Waals surface area contributed by atoms with Crippen molar-refractivity contribution in [2.24, 2.45) is 5.41 Å². The highest BCUT2D eigenvalue weighted by Gasteiger charge is 2.33. The predicted octanol–water partition coefficient (Wildman–Crippen LogP) is 0.470. The lowest BCUT2D eigenvalue weighted by molar-refractivity contribution is 0.0512. The largest absolute Gasteiger partial charge is 0.384 e. The Morgan fingerprint density at radius 3 is 3.04 bits per heavy atom. The van der Waals surface area contributed by atoms with Crippen molar-refractivity contribution in [1.82, 2.24) is 30.8 Å². The van der Waals surface area contributed by atoms with Crippen LogP contribution >= 0.6 is 11.3 Å². The van der Waals surface area contributed by atoms with Crippen molar-refractivity contribution in [3.63, 3.8) is 0 Å². The third-order valence-electron chi connectivity index (χ3n) is 4.19. The smallest absolute Gasteiger partial charge is 0.263 e. The number of nitrogens with one attached hydrogen (secondary N) is 2. The molecule has 0 aliphatic carbocycles. The number of tetrazole rings is 1. The van der Waals surface area contributed by atoms with Gasteiger partial charge in [0.1, 0.15) is 11.2 Å². The molecule has 8 nitrogen and oxygen atoms in total. The van der Waals surface area contributed by atoms with Crippen molar-refractivity contribution in [3.05, 3.63) is 22.7 Å². The fourth-order valence-electron chi connectivity index (χ4n) is 2.91. The van der Waals surface area contributed by atoms with Crippen LogP contribution in [0.5, 0.6) is 0 Å². The topological polar surface area (TPSA) is 94.0 Å². The minimum absolute atomic E-state index is 0.00188. The van der Waals surface area contributed by atoms with Gasteiger partial charge in [-0.2, -0.15) is 4.68 Å². The molecule has 0 spiro atoms. The highest BCUT2D eigenvalue weighted by atomic mass is 32.1. The summed E-state index contributed by atoms with van der Waals surface area (Å²) in [4.78, 5) is 13.2. The summed E-state index contributed by atoms with van der Waals surface area (Å²) in [7, 11) is 1.71. The van der Waals surface area contributed by atoms with Gasteiger partial charge in [-0.1, -0.05) is 0 Å². The van der Waals surface area contributed by atoms with E-state index in [0.29, 0.717) is 23.7 Å². The highest BCUT2D eigenvalue weighted by Crippen LogP contribution is 2.28. The summed E-state index contributed by atoms with van der Waals surface area (Å²) in [5.74, 6) is -0.0977. The molecule has 0 aromatic carbocycles. The fourth-order valence-corrected chi connectivity index (χ4v) is 3.70. The van der Waals surface area contributed by atoms with E-state index in [1.165, 1.54) is 22.3 Å². The standard InChI is InChI=1S/C14H20N6O2S/c1-22-9-14(3-5-15-6-4-14)8-16-13(21)12-11(2-7-23-12)20-10-17-18-19-20/h2,7,10,15H,3-6,8-9H2,1H3,(H,16,21). The zero-order valence-corrected chi connectivity index (χ0v) is 13.8. The second kappa shape index (κ2) is 7.16. The minimum atomic E-state index is -0.0977. The molecule has 1 aliphatic heterocycles. The van der Waals surface area contributed by atoms with Gasteiger partial charge in [0.05, 0.1) is 12.3 Å². The molecule has 23 heavy (non-hydrogen) atoms. The number of thiophene rings is 1. The molecular formula is C14H20N6O2S. The van der Waals surface area contributed by atoms with Gasteiger partial charge in [0.2, 0.25) is 0 Å². The molecule has 0 bridgehead atoms. The van der Waals surface area contributed by atoms with Gasteiger partial charge >= 0.3 is 0 Å². The molecule has 1 aliphatic rings. The van der Waals surface area contributed by atoms with Gasteiger partial charge in [-0.3, -0.25) is 4.79 Å². The SMILES string of the molecule is COCC1(CNC(=O)c2sccc2-n2cnnn2)CCNCC1. The number of hydrogen-bond acceptors (Lipinski definition) is 7. The second-order valence-corrected chi connectivity index (χ2v) is 6.67. The average molecular weight is 336 g/mol. The third kappa shape index (κ3) is 3.57. The number of aromatic nitrogens is 4. The Kier molecular flexibility index (Phi) is 4.99. The van der Waals surface area contributed by atoms with Crippen molar-refractivity contribution >= 4 is 17.2 Å². The van der Waals surface area contributed by atoms with Crippen LogP contribution in [0.1, 0.15) is 22.5 Å². The number of carbonyl (C=O) groups excluding carboxylic acids is 1. The molecule has 3 heterocycles. The van der Waals surface area contributed by atoms with Crippen LogP contribution in [-0.2, 0) is 4.74 Å². The Bertz CT molecular complexity index is 630. The quantitative estimate of drug-likeness (QED) is 0.796. The van der Waals surface area contributed by atoms with Crippen molar-refractivity contribution < 1.29 is 9.53 Å². The van der Waals surface area contributed by atoms with Crippen molar-refractivity contribution in [1.29, 1.82) is 0 Å². The molecule has 0 radical (unpaired) electrons. The first-order valence-electron chi connectivity index (χ1n) is 7.53. The molecule has 9 heteroatoms. The third-order valence-corrected chi connectivity index (χ3v) is 5.09. The Labute approximate surface area is 138 Å². The van der Waals surface area contributed by atoms with Crippen LogP contribution in [0, 0.1) is 5.41 Å². The molecule has 2 aromatic rings. The van der Waals surface area contributed by atoms with Gasteiger partial charge in [-0.25, -0.2) is 0 Å². The van der Waals surface area contributed by atoms with Crippen LogP contribution in [0.4, 0.5) is 0 Å². The maximum atomic E-state index is 12.6. The number of methoxy groups -OCH3 is 1. The maximum Gasteiger partial charge on any atom is 0.263 e. The summed E-state index contributed by atoms with van der Waals surface area (Å²) in [6.45, 7) is 3.16. The van der Waals surface area contributed by atoms with Gasteiger partial charge in [-0.15, -0.1) is 16.4 Å². The summed E-state index contributed by atoms with van der Waals surface area (Å²) in [6, 6.07) is 1.84. The van der Waals surface area contributed by atoms with E-state index in [0.717, 1.165) is 25.9 Å². The Hall–Kier alpha value is -1.84. The molecule has 1 saturated heterocycles. The first-order valence-corrected chi connectivity index (χ1v) is 8.41. The minimum Gasteiger partial charge on any atom is -0.384 e. The first kappa shape index (κ1) is 16.0. The lowest BCUT2D eigenvalue weighted by atomic mass is 9.79. The van der Waals surface area contributed by atoms with Crippen molar-refractivity contribution in [2.75, 3.05) is 33.4 Å². The normalized spacial score (nSPS) is 17.1. The second-order valence-electron chi connectivity index (χ2n) is 5.76. The van der Waals surface area contributed by atoms with Crippen LogP contribution in [0.2, 0.25) is 0 Å². The lowest BCUT2D eigenvalue weighted by Crippen LogP contribution is -2.47. The number of ether oxygens (including phenoxy) is 1. The summed E-state index contributed by atoms with van der Waals surface area (Å²) in [5.41, 5.74) is 0.700. The molecule has 0 unspecified atom stereocenters. The van der Waals surface area contributed by atoms with E-state index in [1.807, 2.05) is 11.4 Å². The van der Waals surface area contributed by atoms with Gasteiger partial charge in [-0.05, 0) is 47.8 Å². The van der Waals surface area contributed by atoms with Crippen LogP contribution < -0.4 is 10.6 Å². The van der Waals surface area contributed by atoms with E-state index in [2.05, 4.69) is 26.2 Å². The molecule has 2 N–H and O–H groups in total. The van der Waals surface area contributed by atoms with E-state index in [-0.39, 0.29) is 11.3 Å². The summed E-state index contributed by atoms with van der Waals surface area (Å²) in [6.07, 6.45) is 3.47. The van der Waals surface area contributed by atoms with Gasteiger partial charge in [0, 0.05) is 19.1 Å². The van der Waals surface area contributed by atoms with Crippen LogP contribution in [0.15, 0.2) is 17.8 Å². The Balaban J connectivity index is 1.69. The fraction of sp³-hybridized carbons (Fsp3) is 0.571. The zero-order chi connectivity index (χ0) is 16.1. The molecule has 124 valence electrons. The van der Waals surface area contributed by atoms with Crippen LogP contribution in [-0.4, -0.2) is 59.5 Å². The van der Waals surface area contributed by atoms with Crippen molar-refractivity contribution in [3.8, 4) is 5.69 Å². The average Bonchev–Trinajstić information content (AvgIpc) is 3.24. The van der Waals surface area contributed by atoms with E-state index in [1.54, 1.807) is 7.11 Å². The maximum absolute atomic E-state index is 12.6. The summed E-state index contributed by atoms with van der Waals surface area (Å²) >= 11 is 1.38. The van der Waals surface area contributed by atoms with Crippen LogP contribution in [0.25, 0.3) is 5.69 Å². The highest BCUT2D eigenvalue weighted by molar-refractivity contribution is 7.12. The first-order chi connectivity index (χ1) is 11.2. The van der Waals surface area contributed by atoms with E-state index in [4.69, 9.17) is 4.74 Å². The number of rotatable bonds is 6. The lowest BCUT2D eigenvalue weighted by Gasteiger charge is -2.37. The summed E-state index contributed by atoms with van der Waals surface area (Å²) < 4.78 is 6.88. The number of nitrogens with zero attached hydrogens (tertiary/aromatic N) is 4. The molecule has 0 saturated carbocycles. The zero-order valence-electron chi connectivity index (χ0n) is 13.0. The molecule has 0 atom stereocenters. The van der Waals surface area contributed by atoms with Crippen molar-refractivity contribution in [2.45, 2.75) is 12.8 Å². The monoisotopic (exact) mass is 336 g/mol. The van der Waals surface area contributed by atoms with Gasteiger partial charge in [0.15, 0.2) is 0 Å². The molecular weight excluding hydrogens is 316 g/mol. The number of piperidine rings is 1. The number of carbonyl (C=O) groups is 1. The van der Waals surface area contributed by atoms with Gasteiger partial charge < -0.3 is 15.4 Å². The molecule has 2 aromatic heterocycles. The molecule has 1 fully saturated rings. The molecule has 1 amide bonds. The van der Waals surface area contributed by atoms with E-state index < -0.39 is 0 Å². The number of amides is 1. The Morgan fingerprint density at radius 1 is 1.52 bits per heavy atom. The van der Waals surface area contributed by atoms with E-state index in [9.17, 15) is 4.79 Å². The Morgan fingerprint density at radius 2 is 2.35 bits per heavy atom.